The number of benzene rings is 1. The van der Waals surface area contributed by atoms with E-state index >= 15 is 0 Å². The molecular formula is C14H15FNO2+. The first-order valence-electron chi connectivity index (χ1n) is 5.64. The molecule has 1 N–H and O–H groups in total. The van der Waals surface area contributed by atoms with E-state index in [1.165, 1.54) is 6.07 Å². The van der Waals surface area contributed by atoms with E-state index in [0.29, 0.717) is 11.3 Å². The molecule has 0 saturated heterocycles. The monoisotopic (exact) mass is 248 g/mol. The van der Waals surface area contributed by atoms with Crippen molar-refractivity contribution in [2.24, 2.45) is 7.05 Å². The molecule has 0 spiro atoms. The van der Waals surface area contributed by atoms with E-state index < -0.39 is 0 Å². The second-order valence-corrected chi connectivity index (χ2v) is 4.11. The van der Waals surface area contributed by atoms with Crippen molar-refractivity contribution in [1.82, 2.24) is 0 Å². The summed E-state index contributed by atoms with van der Waals surface area (Å²) in [5.74, 6) is 0.125. The highest BCUT2D eigenvalue weighted by Gasteiger charge is 2.15. The van der Waals surface area contributed by atoms with Crippen LogP contribution in [0, 0.1) is 12.7 Å². The maximum atomic E-state index is 13.4. The van der Waals surface area contributed by atoms with Crippen LogP contribution in [-0.4, -0.2) is 5.11 Å². The van der Waals surface area contributed by atoms with E-state index in [0.717, 1.165) is 5.69 Å². The molecule has 0 bridgehead atoms. The summed E-state index contributed by atoms with van der Waals surface area (Å²) in [6.45, 7) is 1.92. The largest absolute Gasteiger partial charge is 0.504 e. The van der Waals surface area contributed by atoms with Gasteiger partial charge in [0, 0.05) is 18.6 Å². The molecule has 0 aliphatic rings. The van der Waals surface area contributed by atoms with Crippen molar-refractivity contribution in [1.29, 1.82) is 0 Å². The van der Waals surface area contributed by atoms with Crippen molar-refractivity contribution in [3.63, 3.8) is 0 Å². The van der Waals surface area contributed by atoms with Gasteiger partial charge in [0.15, 0.2) is 11.9 Å². The number of aromatic hydroxyl groups is 1. The lowest BCUT2D eigenvalue weighted by Gasteiger charge is -2.09. The first kappa shape index (κ1) is 12.4. The van der Waals surface area contributed by atoms with E-state index in [-0.39, 0.29) is 18.2 Å². The zero-order chi connectivity index (χ0) is 13.1. The molecule has 94 valence electrons. The minimum absolute atomic E-state index is 0.0574. The zero-order valence-electron chi connectivity index (χ0n) is 10.4. The van der Waals surface area contributed by atoms with E-state index in [9.17, 15) is 9.50 Å². The second kappa shape index (κ2) is 5.04. The number of hydrogen-bond acceptors (Lipinski definition) is 2. The first-order chi connectivity index (χ1) is 8.59. The number of aromatic nitrogens is 1. The van der Waals surface area contributed by atoms with Crippen LogP contribution in [0.4, 0.5) is 4.39 Å². The highest BCUT2D eigenvalue weighted by Crippen LogP contribution is 2.27. The van der Waals surface area contributed by atoms with Crippen LogP contribution >= 0.6 is 0 Å². The lowest BCUT2D eigenvalue weighted by atomic mass is 10.2. The van der Waals surface area contributed by atoms with Crippen LogP contribution in [-0.2, 0) is 13.7 Å². The van der Waals surface area contributed by atoms with Gasteiger partial charge in [-0.1, -0.05) is 18.2 Å². The number of ether oxygens (including phenoxy) is 1. The molecule has 0 unspecified atom stereocenters. The topological polar surface area (TPSA) is 33.3 Å². The average molecular weight is 248 g/mol. The Kier molecular flexibility index (Phi) is 3.46. The van der Waals surface area contributed by atoms with Gasteiger partial charge >= 0.3 is 0 Å². The Morgan fingerprint density at radius 2 is 2.00 bits per heavy atom. The minimum atomic E-state index is -0.310. The smallest absolute Gasteiger partial charge is 0.229 e. The van der Waals surface area contributed by atoms with Gasteiger partial charge in [-0.15, -0.1) is 0 Å². The van der Waals surface area contributed by atoms with Crippen molar-refractivity contribution in [2.45, 2.75) is 13.5 Å². The molecule has 0 amide bonds. The molecular weight excluding hydrogens is 233 g/mol. The third-order valence-corrected chi connectivity index (χ3v) is 2.88. The van der Waals surface area contributed by atoms with Crippen molar-refractivity contribution >= 4 is 0 Å². The fourth-order valence-corrected chi connectivity index (χ4v) is 1.66. The van der Waals surface area contributed by atoms with Crippen molar-refractivity contribution in [2.75, 3.05) is 0 Å². The fraction of sp³-hybridized carbons (Fsp3) is 0.214. The average Bonchev–Trinajstić information content (AvgIpc) is 2.36. The molecule has 4 heteroatoms. The van der Waals surface area contributed by atoms with Gasteiger partial charge in [0.05, 0.1) is 0 Å². The Morgan fingerprint density at radius 1 is 1.28 bits per heavy atom. The van der Waals surface area contributed by atoms with Crippen molar-refractivity contribution < 1.29 is 18.8 Å². The van der Waals surface area contributed by atoms with Crippen molar-refractivity contribution in [3.05, 3.63) is 53.6 Å². The molecule has 3 nitrogen and oxygen atoms in total. The summed E-state index contributed by atoms with van der Waals surface area (Å²) in [5, 5.41) is 9.73. The summed E-state index contributed by atoms with van der Waals surface area (Å²) in [4.78, 5) is 0. The van der Waals surface area contributed by atoms with E-state index in [1.807, 2.05) is 18.5 Å². The quantitative estimate of drug-likeness (QED) is 0.845. The molecule has 0 fully saturated rings. The Balaban J connectivity index is 2.21. The SMILES string of the molecule is Cc1c(OCc2ccccc2F)c(O)cc[n+]1C. The fourth-order valence-electron chi connectivity index (χ4n) is 1.66. The third kappa shape index (κ3) is 2.42. The lowest BCUT2D eigenvalue weighted by Crippen LogP contribution is -2.31. The van der Waals surface area contributed by atoms with E-state index in [2.05, 4.69) is 0 Å². The highest BCUT2D eigenvalue weighted by atomic mass is 19.1. The summed E-state index contributed by atoms with van der Waals surface area (Å²) in [7, 11) is 1.85. The molecule has 2 rings (SSSR count). The molecule has 0 saturated carbocycles. The van der Waals surface area contributed by atoms with Gasteiger partial charge in [-0.25, -0.2) is 8.96 Å². The maximum absolute atomic E-state index is 13.4. The summed E-state index contributed by atoms with van der Waals surface area (Å²) in [6, 6.07) is 7.97. The summed E-state index contributed by atoms with van der Waals surface area (Å²) in [5.41, 5.74) is 1.24. The van der Waals surface area contributed by atoms with E-state index in [4.69, 9.17) is 4.74 Å². The molecule has 0 atom stereocenters. The number of nitrogens with zero attached hydrogens (tertiary/aromatic N) is 1. The van der Waals surface area contributed by atoms with Crippen LogP contribution in [0.5, 0.6) is 11.5 Å². The minimum Gasteiger partial charge on any atom is -0.504 e. The second-order valence-electron chi connectivity index (χ2n) is 4.11. The number of hydrogen-bond donors (Lipinski definition) is 1. The lowest BCUT2D eigenvalue weighted by molar-refractivity contribution is -0.678. The Bertz CT molecular complexity index is 570. The van der Waals surface area contributed by atoms with Gasteiger partial charge in [0.1, 0.15) is 19.5 Å². The molecule has 18 heavy (non-hydrogen) atoms. The molecule has 1 heterocycles. The van der Waals surface area contributed by atoms with E-state index in [1.54, 1.807) is 30.5 Å². The van der Waals surface area contributed by atoms with Gasteiger partial charge in [-0.2, -0.15) is 0 Å². The van der Waals surface area contributed by atoms with Gasteiger partial charge in [0.25, 0.3) is 0 Å². The molecule has 2 aromatic rings. The Hall–Kier alpha value is -2.10. The number of rotatable bonds is 3. The third-order valence-electron chi connectivity index (χ3n) is 2.88. The molecule has 0 aliphatic heterocycles. The molecule has 1 aromatic heterocycles. The van der Waals surface area contributed by atoms with Crippen molar-refractivity contribution in [3.8, 4) is 11.5 Å². The first-order valence-corrected chi connectivity index (χ1v) is 5.64. The van der Waals surface area contributed by atoms with Gasteiger partial charge in [-0.3, -0.25) is 0 Å². The Morgan fingerprint density at radius 3 is 2.72 bits per heavy atom. The van der Waals surface area contributed by atoms with Crippen LogP contribution in [0.2, 0.25) is 0 Å². The standard InChI is InChI=1S/C14H14FNO2/c1-10-14(13(17)7-8-16(10)2)18-9-11-5-3-4-6-12(11)15/h3-8H,9H2,1-2H3/p+1. The van der Waals surface area contributed by atoms with Crippen LogP contribution in [0.15, 0.2) is 36.5 Å². The zero-order valence-corrected chi connectivity index (χ0v) is 10.4. The van der Waals surface area contributed by atoms with Crippen LogP contribution in [0.1, 0.15) is 11.3 Å². The molecule has 0 radical (unpaired) electrons. The summed E-state index contributed by atoms with van der Waals surface area (Å²) < 4.78 is 20.8. The number of aryl methyl sites for hydroxylation is 1. The molecule has 0 aliphatic carbocycles. The molecule has 1 aromatic carbocycles. The van der Waals surface area contributed by atoms with Crippen LogP contribution in [0.25, 0.3) is 0 Å². The maximum Gasteiger partial charge on any atom is 0.229 e. The van der Waals surface area contributed by atoms with Gasteiger partial charge in [-0.05, 0) is 6.07 Å². The predicted molar refractivity (Wildman–Crippen MR) is 64.8 cm³/mol. The Labute approximate surface area is 105 Å². The normalized spacial score (nSPS) is 10.4. The summed E-state index contributed by atoms with van der Waals surface area (Å²) in [6.07, 6.45) is 1.74. The van der Waals surface area contributed by atoms with Crippen LogP contribution < -0.4 is 9.30 Å². The summed E-state index contributed by atoms with van der Waals surface area (Å²) >= 11 is 0. The van der Waals surface area contributed by atoms with Crippen LogP contribution in [0.3, 0.4) is 0 Å². The predicted octanol–water partition coefficient (Wildman–Crippen LogP) is 2.24. The van der Waals surface area contributed by atoms with Gasteiger partial charge in [0.2, 0.25) is 11.4 Å². The number of pyridine rings is 1. The number of halogens is 1. The highest BCUT2D eigenvalue weighted by molar-refractivity contribution is 5.38. The van der Waals surface area contributed by atoms with Gasteiger partial charge < -0.3 is 9.84 Å².